The number of aliphatic hydroxyl groups excluding tert-OH is 1. The molecule has 0 bridgehead atoms. The van der Waals surface area contributed by atoms with Crippen LogP contribution in [0.4, 0.5) is 0 Å². The average Bonchev–Trinajstić information content (AvgIpc) is 2.44. The summed E-state index contributed by atoms with van der Waals surface area (Å²) in [5.41, 5.74) is 0.149. The molecule has 0 aliphatic heterocycles. The molecule has 112 valence electrons. The minimum atomic E-state index is -1.01. The number of aliphatic hydroxyl groups is 1. The van der Waals surface area contributed by atoms with E-state index in [1.807, 2.05) is 0 Å². The molecular formula is C14H21NO5. The average molecular weight is 283 g/mol. The van der Waals surface area contributed by atoms with Crippen LogP contribution in [0.5, 0.6) is 5.75 Å². The van der Waals surface area contributed by atoms with Crippen LogP contribution in [0.2, 0.25) is 0 Å². The van der Waals surface area contributed by atoms with E-state index < -0.39 is 5.97 Å². The minimum absolute atomic E-state index is 0.0586. The van der Waals surface area contributed by atoms with E-state index in [2.05, 4.69) is 5.32 Å². The van der Waals surface area contributed by atoms with E-state index in [9.17, 15) is 4.79 Å². The maximum atomic E-state index is 11.0. The van der Waals surface area contributed by atoms with Crippen LogP contribution in [0.1, 0.15) is 16.8 Å². The van der Waals surface area contributed by atoms with Crippen molar-refractivity contribution in [3.63, 3.8) is 0 Å². The first-order chi connectivity index (χ1) is 9.69. The molecule has 0 saturated heterocycles. The van der Waals surface area contributed by atoms with E-state index in [0.29, 0.717) is 31.9 Å². The fourth-order valence-corrected chi connectivity index (χ4v) is 1.79. The molecule has 0 amide bonds. The Labute approximate surface area is 118 Å². The van der Waals surface area contributed by atoms with Crippen molar-refractivity contribution in [1.82, 2.24) is 5.32 Å². The third-order valence-electron chi connectivity index (χ3n) is 2.76. The van der Waals surface area contributed by atoms with E-state index in [1.54, 1.807) is 25.3 Å². The molecule has 1 aromatic rings. The summed E-state index contributed by atoms with van der Waals surface area (Å²) in [6.07, 6.45) is 0.597. The Hall–Kier alpha value is -1.63. The lowest BCUT2D eigenvalue weighted by Crippen LogP contribution is -2.36. The number of carboxylic acid groups (broad SMARTS) is 1. The summed E-state index contributed by atoms with van der Waals surface area (Å²) in [4.78, 5) is 11.0. The monoisotopic (exact) mass is 283 g/mol. The molecule has 1 rings (SSSR count). The zero-order valence-electron chi connectivity index (χ0n) is 11.5. The molecule has 20 heavy (non-hydrogen) atoms. The zero-order chi connectivity index (χ0) is 14.8. The number of methoxy groups -OCH3 is 1. The number of carbonyl (C=O) groups is 1. The standard InChI is InChI=1S/C14H21NO5/c1-19-10-11(6-8-16)15-7-9-20-13-5-3-2-4-12(13)14(17)18/h2-5,11,15-16H,6-10H2,1H3,(H,17,18). The van der Waals surface area contributed by atoms with Gasteiger partial charge in [-0.2, -0.15) is 0 Å². The van der Waals surface area contributed by atoms with Gasteiger partial charge in [-0.3, -0.25) is 0 Å². The maximum absolute atomic E-state index is 11.0. The highest BCUT2D eigenvalue weighted by Crippen LogP contribution is 2.17. The second-order valence-corrected chi connectivity index (χ2v) is 4.27. The molecule has 0 radical (unpaired) electrons. The summed E-state index contributed by atoms with van der Waals surface area (Å²) in [6, 6.07) is 6.58. The molecule has 0 saturated carbocycles. The Morgan fingerprint density at radius 2 is 2.15 bits per heavy atom. The lowest BCUT2D eigenvalue weighted by molar-refractivity contribution is 0.0692. The Morgan fingerprint density at radius 1 is 1.40 bits per heavy atom. The SMILES string of the molecule is COCC(CCO)NCCOc1ccccc1C(=O)O. The summed E-state index contributed by atoms with van der Waals surface area (Å²) >= 11 is 0. The summed E-state index contributed by atoms with van der Waals surface area (Å²) in [6.45, 7) is 1.48. The predicted molar refractivity (Wildman–Crippen MR) is 74.3 cm³/mol. The van der Waals surface area contributed by atoms with Crippen molar-refractivity contribution in [3.8, 4) is 5.75 Å². The van der Waals surface area contributed by atoms with E-state index in [4.69, 9.17) is 19.7 Å². The highest BCUT2D eigenvalue weighted by molar-refractivity contribution is 5.90. The van der Waals surface area contributed by atoms with E-state index >= 15 is 0 Å². The molecule has 0 aliphatic carbocycles. The lowest BCUT2D eigenvalue weighted by Gasteiger charge is -2.17. The Bertz CT molecular complexity index is 404. The number of rotatable bonds is 10. The molecule has 0 fully saturated rings. The third-order valence-corrected chi connectivity index (χ3v) is 2.76. The van der Waals surface area contributed by atoms with E-state index in [0.717, 1.165) is 0 Å². The van der Waals surface area contributed by atoms with Crippen LogP contribution < -0.4 is 10.1 Å². The van der Waals surface area contributed by atoms with Gasteiger partial charge in [-0.25, -0.2) is 4.79 Å². The molecule has 0 aliphatic rings. The van der Waals surface area contributed by atoms with Gasteiger partial charge in [0.15, 0.2) is 0 Å². The summed E-state index contributed by atoms with van der Waals surface area (Å²) in [7, 11) is 1.60. The molecule has 0 heterocycles. The third kappa shape index (κ3) is 5.56. The van der Waals surface area contributed by atoms with Crippen molar-refractivity contribution in [1.29, 1.82) is 0 Å². The van der Waals surface area contributed by atoms with E-state index in [-0.39, 0.29) is 18.2 Å². The van der Waals surface area contributed by atoms with Crippen LogP contribution in [-0.2, 0) is 4.74 Å². The second-order valence-electron chi connectivity index (χ2n) is 4.27. The van der Waals surface area contributed by atoms with Gasteiger partial charge in [-0.1, -0.05) is 12.1 Å². The number of nitrogens with one attached hydrogen (secondary N) is 1. The van der Waals surface area contributed by atoms with Crippen molar-refractivity contribution in [3.05, 3.63) is 29.8 Å². The molecule has 6 nitrogen and oxygen atoms in total. The normalized spacial score (nSPS) is 12.1. The van der Waals surface area contributed by atoms with Crippen LogP contribution in [0.25, 0.3) is 0 Å². The van der Waals surface area contributed by atoms with Crippen LogP contribution in [-0.4, -0.2) is 55.7 Å². The Kier molecular flexibility index (Phi) is 7.64. The number of para-hydroxylation sites is 1. The lowest BCUT2D eigenvalue weighted by atomic mass is 10.2. The van der Waals surface area contributed by atoms with Gasteiger partial charge in [-0.05, 0) is 18.6 Å². The molecule has 0 aromatic heterocycles. The smallest absolute Gasteiger partial charge is 0.339 e. The highest BCUT2D eigenvalue weighted by atomic mass is 16.5. The van der Waals surface area contributed by atoms with Gasteiger partial charge in [0.25, 0.3) is 0 Å². The van der Waals surface area contributed by atoms with Crippen molar-refractivity contribution < 1.29 is 24.5 Å². The predicted octanol–water partition coefficient (Wildman–Crippen LogP) is 0.751. The number of hydrogen-bond acceptors (Lipinski definition) is 5. The van der Waals surface area contributed by atoms with Crippen molar-refractivity contribution in [2.24, 2.45) is 0 Å². The molecular weight excluding hydrogens is 262 g/mol. The number of carboxylic acids is 1. The number of benzene rings is 1. The highest BCUT2D eigenvalue weighted by Gasteiger charge is 2.10. The summed E-state index contributed by atoms with van der Waals surface area (Å²) in [5, 5.41) is 21.1. The Morgan fingerprint density at radius 3 is 2.80 bits per heavy atom. The molecule has 1 atom stereocenters. The van der Waals surface area contributed by atoms with Gasteiger partial charge in [0.05, 0.1) is 6.61 Å². The number of ether oxygens (including phenoxy) is 2. The number of aromatic carboxylic acids is 1. The molecule has 3 N–H and O–H groups in total. The van der Waals surface area contributed by atoms with E-state index in [1.165, 1.54) is 6.07 Å². The zero-order valence-corrected chi connectivity index (χ0v) is 11.5. The van der Waals surface area contributed by atoms with Crippen LogP contribution in [0, 0.1) is 0 Å². The van der Waals surface area contributed by atoms with Gasteiger partial charge in [0.1, 0.15) is 17.9 Å². The topological polar surface area (TPSA) is 88.0 Å². The van der Waals surface area contributed by atoms with Gasteiger partial charge in [0.2, 0.25) is 0 Å². The molecule has 1 unspecified atom stereocenters. The van der Waals surface area contributed by atoms with Gasteiger partial charge in [0, 0.05) is 26.3 Å². The fraction of sp³-hybridized carbons (Fsp3) is 0.500. The summed E-state index contributed by atoms with van der Waals surface area (Å²) in [5.74, 6) is -0.654. The van der Waals surface area contributed by atoms with Crippen molar-refractivity contribution in [2.45, 2.75) is 12.5 Å². The first kappa shape index (κ1) is 16.4. The summed E-state index contributed by atoms with van der Waals surface area (Å²) < 4.78 is 10.5. The van der Waals surface area contributed by atoms with Crippen LogP contribution >= 0.6 is 0 Å². The molecule has 0 spiro atoms. The molecule has 1 aromatic carbocycles. The second kappa shape index (κ2) is 9.30. The van der Waals surface area contributed by atoms with Gasteiger partial charge >= 0.3 is 5.97 Å². The minimum Gasteiger partial charge on any atom is -0.491 e. The van der Waals surface area contributed by atoms with Gasteiger partial charge in [-0.15, -0.1) is 0 Å². The molecule has 6 heteroatoms. The van der Waals surface area contributed by atoms with Crippen molar-refractivity contribution >= 4 is 5.97 Å². The quantitative estimate of drug-likeness (QED) is 0.549. The maximum Gasteiger partial charge on any atom is 0.339 e. The first-order valence-electron chi connectivity index (χ1n) is 6.47. The fourth-order valence-electron chi connectivity index (χ4n) is 1.79. The van der Waals surface area contributed by atoms with Crippen LogP contribution in [0.15, 0.2) is 24.3 Å². The Balaban J connectivity index is 2.38. The number of hydrogen-bond donors (Lipinski definition) is 3. The van der Waals surface area contributed by atoms with Crippen molar-refractivity contribution in [2.75, 3.05) is 33.5 Å². The first-order valence-corrected chi connectivity index (χ1v) is 6.47. The van der Waals surface area contributed by atoms with Gasteiger partial charge < -0.3 is 25.0 Å². The largest absolute Gasteiger partial charge is 0.491 e. The van der Waals surface area contributed by atoms with Crippen LogP contribution in [0.3, 0.4) is 0 Å².